The first-order valence-electron chi connectivity index (χ1n) is 11.7. The first kappa shape index (κ1) is 20.7. The summed E-state index contributed by atoms with van der Waals surface area (Å²) < 4.78 is 12.0. The highest BCUT2D eigenvalue weighted by molar-refractivity contribution is 6.30. The van der Waals surface area contributed by atoms with Gasteiger partial charge < -0.3 is 14.4 Å². The summed E-state index contributed by atoms with van der Waals surface area (Å²) in [6.45, 7) is 5.37. The zero-order chi connectivity index (χ0) is 23.9. The standard InChI is InChI=1S/C28H22ClN3O3/c1-28(2)14-34-24-18(28)9-10-20-22(24)21-17-7-5-11-30-26(17)35-27(33)23(21)32(20)13-16-12-15-6-3-4-8-19(15)31-25(16)29/h3-12,21,23H,13-14H2,1-2H3. The second-order valence-electron chi connectivity index (χ2n) is 10.0. The van der Waals surface area contributed by atoms with Gasteiger partial charge in [0.1, 0.15) is 16.9 Å². The minimum absolute atomic E-state index is 0.105. The number of hydrogen-bond acceptors (Lipinski definition) is 6. The summed E-state index contributed by atoms with van der Waals surface area (Å²) in [4.78, 5) is 24.5. The van der Waals surface area contributed by atoms with E-state index in [0.717, 1.165) is 44.6 Å². The molecule has 3 aliphatic rings. The van der Waals surface area contributed by atoms with Crippen LogP contribution in [0.5, 0.6) is 11.6 Å². The van der Waals surface area contributed by atoms with E-state index in [1.165, 1.54) is 0 Å². The molecule has 0 fully saturated rings. The number of halogens is 1. The fraction of sp³-hybridized carbons (Fsp3) is 0.250. The Balaban J connectivity index is 1.43. The SMILES string of the molecule is CC1(C)COc2c1ccc1c2C2c3cccnc3OC(=O)C2N1Cc1cc2ccccc2nc1Cl. The molecule has 0 N–H and O–H groups in total. The molecule has 6 nitrogen and oxygen atoms in total. The van der Waals surface area contributed by atoms with Gasteiger partial charge in [-0.05, 0) is 24.3 Å². The Bertz CT molecular complexity index is 1550. The van der Waals surface area contributed by atoms with Crippen molar-refractivity contribution in [2.24, 2.45) is 0 Å². The summed E-state index contributed by atoms with van der Waals surface area (Å²) in [6, 6.07) is 17.5. The van der Waals surface area contributed by atoms with Gasteiger partial charge in [-0.3, -0.25) is 0 Å². The molecule has 0 amide bonds. The zero-order valence-electron chi connectivity index (χ0n) is 19.3. The van der Waals surface area contributed by atoms with Crippen LogP contribution in [0.3, 0.4) is 0 Å². The average Bonchev–Trinajstić information content (AvgIpc) is 3.34. The molecule has 2 aromatic heterocycles. The van der Waals surface area contributed by atoms with E-state index in [-0.39, 0.29) is 17.3 Å². The molecule has 7 heteroatoms. The number of fused-ring (bicyclic) bond motifs is 8. The topological polar surface area (TPSA) is 64.6 Å². The molecule has 4 aromatic rings. The highest BCUT2D eigenvalue weighted by Gasteiger charge is 2.52. The zero-order valence-corrected chi connectivity index (χ0v) is 20.0. The summed E-state index contributed by atoms with van der Waals surface area (Å²) in [7, 11) is 0. The number of carbonyl (C=O) groups excluding carboxylic acids is 1. The van der Waals surface area contributed by atoms with Gasteiger partial charge in [-0.15, -0.1) is 0 Å². The predicted molar refractivity (Wildman–Crippen MR) is 133 cm³/mol. The third kappa shape index (κ3) is 2.93. The van der Waals surface area contributed by atoms with Gasteiger partial charge in [-0.25, -0.2) is 14.8 Å². The molecule has 35 heavy (non-hydrogen) atoms. The molecule has 174 valence electrons. The summed E-state index contributed by atoms with van der Waals surface area (Å²) in [5, 5.41) is 1.43. The van der Waals surface area contributed by atoms with E-state index in [4.69, 9.17) is 21.1 Å². The number of benzene rings is 2. The number of anilines is 1. The molecule has 0 radical (unpaired) electrons. The smallest absolute Gasteiger partial charge is 0.336 e. The average molecular weight is 484 g/mol. The van der Waals surface area contributed by atoms with E-state index in [9.17, 15) is 4.79 Å². The van der Waals surface area contributed by atoms with Crippen molar-refractivity contribution in [3.8, 4) is 11.6 Å². The van der Waals surface area contributed by atoms with Crippen molar-refractivity contribution in [2.75, 3.05) is 11.5 Å². The normalized spacial score (nSPS) is 21.1. The van der Waals surface area contributed by atoms with E-state index in [2.05, 4.69) is 40.8 Å². The van der Waals surface area contributed by atoms with Crippen molar-refractivity contribution >= 4 is 34.2 Å². The molecule has 0 bridgehead atoms. The number of esters is 1. The van der Waals surface area contributed by atoms with Crippen molar-refractivity contribution < 1.29 is 14.3 Å². The maximum absolute atomic E-state index is 13.4. The molecule has 3 aliphatic heterocycles. The molecule has 2 aromatic carbocycles. The number of rotatable bonds is 2. The van der Waals surface area contributed by atoms with Crippen LogP contribution in [0, 0.1) is 0 Å². The van der Waals surface area contributed by atoms with E-state index < -0.39 is 6.04 Å². The fourth-order valence-corrected chi connectivity index (χ4v) is 5.94. The Morgan fingerprint density at radius 3 is 2.89 bits per heavy atom. The van der Waals surface area contributed by atoms with Crippen molar-refractivity contribution in [2.45, 2.75) is 37.8 Å². The van der Waals surface area contributed by atoms with Crippen LogP contribution in [0.4, 0.5) is 5.69 Å². The molecule has 7 rings (SSSR count). The number of ether oxygens (including phenoxy) is 2. The predicted octanol–water partition coefficient (Wildman–Crippen LogP) is 5.39. The van der Waals surface area contributed by atoms with Crippen molar-refractivity contribution in [3.63, 3.8) is 0 Å². The summed E-state index contributed by atoms with van der Waals surface area (Å²) >= 11 is 6.64. The van der Waals surface area contributed by atoms with Gasteiger partial charge in [0.2, 0.25) is 5.88 Å². The Labute approximate surface area is 207 Å². The van der Waals surface area contributed by atoms with Gasteiger partial charge >= 0.3 is 5.97 Å². The fourth-order valence-electron chi connectivity index (χ4n) is 5.73. The van der Waals surface area contributed by atoms with Gasteiger partial charge in [-0.2, -0.15) is 0 Å². The summed E-state index contributed by atoms with van der Waals surface area (Å²) in [6.07, 6.45) is 1.65. The van der Waals surface area contributed by atoms with Crippen molar-refractivity contribution in [1.29, 1.82) is 0 Å². The van der Waals surface area contributed by atoms with E-state index in [1.807, 2.05) is 42.5 Å². The third-order valence-corrected chi connectivity index (χ3v) is 7.74. The monoisotopic (exact) mass is 483 g/mol. The molecule has 5 heterocycles. The molecule has 0 aliphatic carbocycles. The second kappa shape index (κ2) is 7.18. The maximum atomic E-state index is 13.4. The molecule has 0 saturated heterocycles. The van der Waals surface area contributed by atoms with Crippen LogP contribution >= 0.6 is 11.6 Å². The van der Waals surface area contributed by atoms with Gasteiger partial charge in [0.05, 0.1) is 18.0 Å². The Morgan fingerprint density at radius 2 is 2.00 bits per heavy atom. The highest BCUT2D eigenvalue weighted by Crippen LogP contribution is 2.56. The molecular weight excluding hydrogens is 462 g/mol. The number of nitrogens with zero attached hydrogens (tertiary/aromatic N) is 3. The quantitative estimate of drug-likeness (QED) is 0.281. The first-order chi connectivity index (χ1) is 16.9. The lowest BCUT2D eigenvalue weighted by Gasteiger charge is -2.32. The first-order valence-corrected chi connectivity index (χ1v) is 12.1. The van der Waals surface area contributed by atoms with Crippen LogP contribution in [-0.4, -0.2) is 28.6 Å². The molecule has 0 saturated carbocycles. The second-order valence-corrected chi connectivity index (χ2v) is 10.4. The van der Waals surface area contributed by atoms with Crippen molar-refractivity contribution in [1.82, 2.24) is 9.97 Å². The lowest BCUT2D eigenvalue weighted by Crippen LogP contribution is -2.45. The van der Waals surface area contributed by atoms with Crippen LogP contribution < -0.4 is 14.4 Å². The number of carbonyl (C=O) groups is 1. The number of hydrogen-bond donors (Lipinski definition) is 0. The molecular formula is C28H22ClN3O3. The minimum atomic E-state index is -0.553. The van der Waals surface area contributed by atoms with Gasteiger partial charge in [0, 0.05) is 51.5 Å². The van der Waals surface area contributed by atoms with Gasteiger partial charge in [0.15, 0.2) is 0 Å². The highest BCUT2D eigenvalue weighted by atomic mass is 35.5. The van der Waals surface area contributed by atoms with Gasteiger partial charge in [0.25, 0.3) is 0 Å². The van der Waals surface area contributed by atoms with Crippen LogP contribution in [0.1, 0.15) is 42.0 Å². The van der Waals surface area contributed by atoms with Crippen LogP contribution in [0.15, 0.2) is 60.8 Å². The van der Waals surface area contributed by atoms with Gasteiger partial charge in [-0.1, -0.05) is 55.8 Å². The Hall–Kier alpha value is -3.64. The van der Waals surface area contributed by atoms with Crippen LogP contribution in [0.25, 0.3) is 10.9 Å². The Morgan fingerprint density at radius 1 is 1.14 bits per heavy atom. The lowest BCUT2D eigenvalue weighted by molar-refractivity contribution is -0.137. The van der Waals surface area contributed by atoms with E-state index in [1.54, 1.807) is 6.20 Å². The van der Waals surface area contributed by atoms with Crippen molar-refractivity contribution in [3.05, 3.63) is 88.2 Å². The van der Waals surface area contributed by atoms with Crippen LogP contribution in [-0.2, 0) is 16.8 Å². The van der Waals surface area contributed by atoms with E-state index >= 15 is 0 Å². The number of aromatic nitrogens is 2. The third-order valence-electron chi connectivity index (χ3n) is 7.42. The number of pyridine rings is 2. The lowest BCUT2D eigenvalue weighted by atomic mass is 9.81. The summed E-state index contributed by atoms with van der Waals surface area (Å²) in [5.41, 5.74) is 5.61. The number of para-hydroxylation sites is 1. The maximum Gasteiger partial charge on any atom is 0.336 e. The Kier molecular flexibility index (Phi) is 4.25. The minimum Gasteiger partial charge on any atom is -0.492 e. The molecule has 2 atom stereocenters. The summed E-state index contributed by atoms with van der Waals surface area (Å²) in [5.74, 6) is 0.670. The molecule has 0 spiro atoms. The van der Waals surface area contributed by atoms with Crippen LogP contribution in [0.2, 0.25) is 5.15 Å². The van der Waals surface area contributed by atoms with E-state index in [0.29, 0.717) is 24.2 Å². The molecule has 2 unspecified atom stereocenters. The largest absolute Gasteiger partial charge is 0.492 e.